The summed E-state index contributed by atoms with van der Waals surface area (Å²) in [4.78, 5) is 10.7. The van der Waals surface area contributed by atoms with E-state index in [-0.39, 0.29) is 17.1 Å². The normalized spacial score (nSPS) is 11.0. The van der Waals surface area contributed by atoms with Gasteiger partial charge in [0.2, 0.25) is 0 Å². The highest BCUT2D eigenvalue weighted by Crippen LogP contribution is 2.30. The number of methoxy groups -OCH3 is 1. The fourth-order valence-corrected chi connectivity index (χ4v) is 1.28. The number of halogens is 2. The molecular formula is C12H9F2NO4. The molecule has 0 amide bonds. The molecule has 5 nitrogen and oxygen atoms in total. The van der Waals surface area contributed by atoms with Crippen LogP contribution in [0.15, 0.2) is 23.8 Å². The van der Waals surface area contributed by atoms with Crippen molar-refractivity contribution in [2.24, 2.45) is 0 Å². The SMILES string of the molecule is COc1ccc(/C=C(\C#N)C(=O)O)cc1OC(F)F. The maximum atomic E-state index is 12.2. The quantitative estimate of drug-likeness (QED) is 0.655. The molecule has 0 spiro atoms. The molecule has 1 rings (SSSR count). The minimum Gasteiger partial charge on any atom is -0.493 e. The Kier molecular flexibility index (Phi) is 4.83. The maximum absolute atomic E-state index is 12.2. The van der Waals surface area contributed by atoms with Gasteiger partial charge in [0.05, 0.1) is 7.11 Å². The summed E-state index contributed by atoms with van der Waals surface area (Å²) in [6.45, 7) is -3.04. The third-order valence-corrected chi connectivity index (χ3v) is 2.07. The second kappa shape index (κ2) is 6.35. The molecule has 1 aromatic rings. The molecule has 0 saturated carbocycles. The Morgan fingerprint density at radius 2 is 2.16 bits per heavy atom. The third-order valence-electron chi connectivity index (χ3n) is 2.07. The monoisotopic (exact) mass is 269 g/mol. The Morgan fingerprint density at radius 1 is 1.47 bits per heavy atom. The maximum Gasteiger partial charge on any atom is 0.387 e. The van der Waals surface area contributed by atoms with E-state index < -0.39 is 18.2 Å². The van der Waals surface area contributed by atoms with Crippen LogP contribution in [0.4, 0.5) is 8.78 Å². The van der Waals surface area contributed by atoms with Crippen LogP contribution >= 0.6 is 0 Å². The number of nitriles is 1. The van der Waals surface area contributed by atoms with Crippen LogP contribution in [0.25, 0.3) is 6.08 Å². The molecule has 19 heavy (non-hydrogen) atoms. The molecule has 0 aromatic heterocycles. The lowest BCUT2D eigenvalue weighted by atomic mass is 10.1. The van der Waals surface area contributed by atoms with E-state index in [4.69, 9.17) is 15.1 Å². The molecule has 1 N–H and O–H groups in total. The van der Waals surface area contributed by atoms with Gasteiger partial charge >= 0.3 is 12.6 Å². The van der Waals surface area contributed by atoms with Gasteiger partial charge in [0.1, 0.15) is 11.6 Å². The van der Waals surface area contributed by atoms with Crippen LogP contribution in [0.1, 0.15) is 5.56 Å². The first kappa shape index (κ1) is 14.4. The number of hydrogen-bond donors (Lipinski definition) is 1. The van der Waals surface area contributed by atoms with E-state index in [2.05, 4.69) is 4.74 Å². The first-order valence-electron chi connectivity index (χ1n) is 4.96. The van der Waals surface area contributed by atoms with Crippen LogP contribution in [0.2, 0.25) is 0 Å². The van der Waals surface area contributed by atoms with Gasteiger partial charge in [-0.1, -0.05) is 6.07 Å². The van der Waals surface area contributed by atoms with E-state index in [0.29, 0.717) is 0 Å². The molecule has 0 aliphatic heterocycles. The lowest BCUT2D eigenvalue weighted by Crippen LogP contribution is -2.04. The van der Waals surface area contributed by atoms with Gasteiger partial charge in [-0.2, -0.15) is 14.0 Å². The second-order valence-electron chi connectivity index (χ2n) is 3.26. The Labute approximate surface area is 107 Å². The van der Waals surface area contributed by atoms with E-state index in [1.807, 2.05) is 0 Å². The summed E-state index contributed by atoms with van der Waals surface area (Å²) in [6.07, 6.45) is 1.04. The van der Waals surface area contributed by atoms with E-state index in [1.165, 1.54) is 25.3 Å². The topological polar surface area (TPSA) is 79.5 Å². The highest BCUT2D eigenvalue weighted by atomic mass is 19.3. The number of hydrogen-bond acceptors (Lipinski definition) is 4. The zero-order valence-corrected chi connectivity index (χ0v) is 9.76. The molecule has 0 radical (unpaired) electrons. The summed E-state index contributed by atoms with van der Waals surface area (Å²) in [5.41, 5.74) is -0.288. The summed E-state index contributed by atoms with van der Waals surface area (Å²) in [5, 5.41) is 17.3. The van der Waals surface area contributed by atoms with Crippen LogP contribution in [-0.2, 0) is 4.79 Å². The molecule has 100 valence electrons. The van der Waals surface area contributed by atoms with Crippen molar-refractivity contribution in [3.05, 3.63) is 29.3 Å². The van der Waals surface area contributed by atoms with E-state index in [0.717, 1.165) is 12.1 Å². The molecule has 1 aromatic carbocycles. The van der Waals surface area contributed by atoms with Crippen LogP contribution in [0.3, 0.4) is 0 Å². The highest BCUT2D eigenvalue weighted by molar-refractivity contribution is 5.96. The molecule has 0 heterocycles. The van der Waals surface area contributed by atoms with Crippen molar-refractivity contribution in [3.8, 4) is 17.6 Å². The predicted molar refractivity (Wildman–Crippen MR) is 60.9 cm³/mol. The summed E-state index contributed by atoms with van der Waals surface area (Å²) in [7, 11) is 1.28. The molecule has 0 aliphatic rings. The fourth-order valence-electron chi connectivity index (χ4n) is 1.28. The molecule has 0 bridgehead atoms. The summed E-state index contributed by atoms with van der Waals surface area (Å²) in [5.74, 6) is -1.57. The number of carboxylic acid groups (broad SMARTS) is 1. The van der Waals surface area contributed by atoms with Gasteiger partial charge < -0.3 is 14.6 Å². The van der Waals surface area contributed by atoms with E-state index >= 15 is 0 Å². The number of carbonyl (C=O) groups is 1. The highest BCUT2D eigenvalue weighted by Gasteiger charge is 2.12. The summed E-state index contributed by atoms with van der Waals surface area (Å²) in [6, 6.07) is 5.39. The molecule has 0 fully saturated rings. The van der Waals surface area contributed by atoms with Crippen LogP contribution in [-0.4, -0.2) is 24.8 Å². The number of benzene rings is 1. The summed E-state index contributed by atoms with van der Waals surface area (Å²) < 4.78 is 33.4. The minimum atomic E-state index is -3.04. The first-order chi connectivity index (χ1) is 8.97. The molecule has 7 heteroatoms. The van der Waals surface area contributed by atoms with Gasteiger partial charge in [0, 0.05) is 0 Å². The largest absolute Gasteiger partial charge is 0.493 e. The molecule has 0 unspecified atom stereocenters. The fraction of sp³-hybridized carbons (Fsp3) is 0.167. The van der Waals surface area contributed by atoms with E-state index in [1.54, 1.807) is 0 Å². The second-order valence-corrected chi connectivity index (χ2v) is 3.26. The lowest BCUT2D eigenvalue weighted by Gasteiger charge is -2.10. The van der Waals surface area contributed by atoms with Gasteiger partial charge in [-0.15, -0.1) is 0 Å². The van der Waals surface area contributed by atoms with Gasteiger partial charge in [-0.25, -0.2) is 4.79 Å². The average Bonchev–Trinajstić information content (AvgIpc) is 2.35. The van der Waals surface area contributed by atoms with Gasteiger partial charge in [0.15, 0.2) is 11.5 Å². The zero-order chi connectivity index (χ0) is 14.4. The molecule has 0 atom stereocenters. The van der Waals surface area contributed by atoms with Crippen molar-refractivity contribution in [2.45, 2.75) is 6.61 Å². The average molecular weight is 269 g/mol. The number of nitrogens with zero attached hydrogens (tertiary/aromatic N) is 1. The summed E-state index contributed by atoms with van der Waals surface area (Å²) >= 11 is 0. The van der Waals surface area contributed by atoms with E-state index in [9.17, 15) is 13.6 Å². The Bertz CT molecular complexity index is 549. The molecule has 0 saturated heterocycles. The van der Waals surface area contributed by atoms with Crippen molar-refractivity contribution in [1.82, 2.24) is 0 Å². The van der Waals surface area contributed by atoms with Crippen molar-refractivity contribution >= 4 is 12.0 Å². The van der Waals surface area contributed by atoms with Crippen molar-refractivity contribution in [2.75, 3.05) is 7.11 Å². The number of carboxylic acids is 1. The third kappa shape index (κ3) is 3.96. The Morgan fingerprint density at radius 3 is 2.63 bits per heavy atom. The van der Waals surface area contributed by atoms with Crippen molar-refractivity contribution in [3.63, 3.8) is 0 Å². The van der Waals surface area contributed by atoms with Crippen molar-refractivity contribution < 1.29 is 28.2 Å². The molecule has 0 aliphatic carbocycles. The number of aliphatic carboxylic acids is 1. The lowest BCUT2D eigenvalue weighted by molar-refractivity contribution is -0.132. The zero-order valence-electron chi connectivity index (χ0n) is 9.76. The van der Waals surface area contributed by atoms with Gasteiger partial charge in [-0.3, -0.25) is 0 Å². The first-order valence-corrected chi connectivity index (χ1v) is 4.96. The smallest absolute Gasteiger partial charge is 0.387 e. The Hall–Kier alpha value is -2.62. The van der Waals surface area contributed by atoms with Crippen LogP contribution in [0, 0.1) is 11.3 Å². The standard InChI is InChI=1S/C12H9F2NO4/c1-18-9-3-2-7(4-8(6-15)11(16)17)5-10(9)19-12(13)14/h2-5,12H,1H3,(H,16,17)/b8-4+. The molecular weight excluding hydrogens is 260 g/mol. The number of rotatable bonds is 5. The van der Waals surface area contributed by atoms with Crippen molar-refractivity contribution in [1.29, 1.82) is 5.26 Å². The predicted octanol–water partition coefficient (Wildman–Crippen LogP) is 2.29. The number of ether oxygens (including phenoxy) is 2. The van der Waals surface area contributed by atoms with Gasteiger partial charge in [0.25, 0.3) is 0 Å². The van der Waals surface area contributed by atoms with Gasteiger partial charge in [-0.05, 0) is 23.8 Å². The number of alkyl halides is 2. The minimum absolute atomic E-state index is 0.0753. The Balaban J connectivity index is 3.18. The van der Waals surface area contributed by atoms with Crippen LogP contribution < -0.4 is 9.47 Å². The van der Waals surface area contributed by atoms with Crippen LogP contribution in [0.5, 0.6) is 11.5 Å².